The van der Waals surface area contributed by atoms with Gasteiger partial charge in [-0.2, -0.15) is 26.3 Å². The molecule has 0 fully saturated rings. The Hall–Kier alpha value is -2.59. The maximum atomic E-state index is 8.93. The van der Waals surface area contributed by atoms with E-state index in [4.69, 9.17) is 26.3 Å². The molecule has 0 radical (unpaired) electrons. The highest BCUT2D eigenvalue weighted by Gasteiger charge is 2.30. The molecule has 0 N–H and O–H groups in total. The van der Waals surface area contributed by atoms with E-state index in [0.29, 0.717) is 38.9 Å². The van der Waals surface area contributed by atoms with Gasteiger partial charge in [0.05, 0.1) is 30.3 Å². The van der Waals surface area contributed by atoms with Crippen LogP contribution < -0.4 is 0 Å². The highest BCUT2D eigenvalue weighted by Crippen LogP contribution is 2.34. The van der Waals surface area contributed by atoms with E-state index >= 15 is 0 Å². The first kappa shape index (κ1) is 18.4. The molecule has 0 saturated heterocycles. The fraction of sp³-hybridized carbons (Fsp3) is 0.667. The van der Waals surface area contributed by atoms with Crippen LogP contribution >= 0.6 is 0 Å². The SMILES string of the molecule is N#CCCN(CCC#N)CCC(CC#N)(CC#N)CC#N. The van der Waals surface area contributed by atoms with Gasteiger partial charge in [-0.1, -0.05) is 0 Å². The van der Waals surface area contributed by atoms with Gasteiger partial charge in [0, 0.05) is 50.6 Å². The summed E-state index contributed by atoms with van der Waals surface area (Å²) in [6.07, 6.45) is 1.77. The van der Waals surface area contributed by atoms with Crippen molar-refractivity contribution in [3.05, 3.63) is 0 Å². The van der Waals surface area contributed by atoms with Gasteiger partial charge in [0.15, 0.2) is 0 Å². The van der Waals surface area contributed by atoms with E-state index in [1.807, 2.05) is 4.90 Å². The van der Waals surface area contributed by atoms with Gasteiger partial charge < -0.3 is 4.90 Å². The first-order chi connectivity index (χ1) is 10.2. The van der Waals surface area contributed by atoms with E-state index < -0.39 is 5.41 Å². The molecule has 0 rings (SSSR count). The van der Waals surface area contributed by atoms with E-state index in [2.05, 4.69) is 30.3 Å². The summed E-state index contributed by atoms with van der Waals surface area (Å²) >= 11 is 0. The minimum absolute atomic E-state index is 0.165. The monoisotopic (exact) mass is 282 g/mol. The van der Waals surface area contributed by atoms with Crippen molar-refractivity contribution < 1.29 is 0 Å². The van der Waals surface area contributed by atoms with Gasteiger partial charge in [-0.15, -0.1) is 0 Å². The highest BCUT2D eigenvalue weighted by atomic mass is 15.1. The largest absolute Gasteiger partial charge is 0.301 e. The maximum absolute atomic E-state index is 8.93. The molecule has 0 saturated carbocycles. The molecule has 6 nitrogen and oxygen atoms in total. The summed E-state index contributed by atoms with van der Waals surface area (Å²) in [5, 5.41) is 44.1. The predicted molar refractivity (Wildman–Crippen MR) is 74.6 cm³/mol. The van der Waals surface area contributed by atoms with Crippen LogP contribution in [0.3, 0.4) is 0 Å². The summed E-state index contributed by atoms with van der Waals surface area (Å²) in [5.74, 6) is 0. The van der Waals surface area contributed by atoms with E-state index in [1.165, 1.54) is 0 Å². The van der Waals surface area contributed by atoms with E-state index in [0.717, 1.165) is 0 Å². The lowest BCUT2D eigenvalue weighted by molar-refractivity contribution is 0.202. The molecule has 0 amide bonds. The van der Waals surface area contributed by atoms with E-state index in [-0.39, 0.29) is 19.3 Å². The molecule has 0 aromatic carbocycles. The molecule has 0 spiro atoms. The van der Waals surface area contributed by atoms with Crippen molar-refractivity contribution in [3.8, 4) is 30.3 Å². The van der Waals surface area contributed by atoms with Crippen LogP contribution in [0.1, 0.15) is 38.5 Å². The number of nitrogens with zero attached hydrogens (tertiary/aromatic N) is 6. The fourth-order valence-electron chi connectivity index (χ4n) is 2.10. The second-order valence-corrected chi connectivity index (χ2v) is 4.91. The average Bonchev–Trinajstić information content (AvgIpc) is 2.47. The second-order valence-electron chi connectivity index (χ2n) is 4.91. The third-order valence-electron chi connectivity index (χ3n) is 3.40. The van der Waals surface area contributed by atoms with Gasteiger partial charge in [0.1, 0.15) is 0 Å². The zero-order chi connectivity index (χ0) is 16.0. The molecular formula is C15H18N6. The minimum Gasteiger partial charge on any atom is -0.301 e. The molecule has 0 unspecified atom stereocenters. The third kappa shape index (κ3) is 7.54. The Morgan fingerprint density at radius 2 is 1.05 bits per heavy atom. The summed E-state index contributed by atoms with van der Waals surface area (Å²) < 4.78 is 0. The van der Waals surface area contributed by atoms with Crippen LogP contribution in [-0.4, -0.2) is 24.5 Å². The molecule has 0 atom stereocenters. The lowest BCUT2D eigenvalue weighted by atomic mass is 9.76. The molecular weight excluding hydrogens is 264 g/mol. The molecule has 0 heterocycles. The molecule has 21 heavy (non-hydrogen) atoms. The molecule has 0 aromatic heterocycles. The molecule has 0 bridgehead atoms. The summed E-state index contributed by atoms with van der Waals surface area (Å²) in [6, 6.07) is 10.3. The van der Waals surface area contributed by atoms with E-state index in [9.17, 15) is 0 Å². The Morgan fingerprint density at radius 1 is 0.619 bits per heavy atom. The fourth-order valence-corrected chi connectivity index (χ4v) is 2.10. The third-order valence-corrected chi connectivity index (χ3v) is 3.40. The first-order valence-electron chi connectivity index (χ1n) is 6.75. The van der Waals surface area contributed by atoms with Crippen molar-refractivity contribution in [1.29, 1.82) is 26.3 Å². The van der Waals surface area contributed by atoms with Gasteiger partial charge >= 0.3 is 0 Å². The first-order valence-corrected chi connectivity index (χ1v) is 6.75. The van der Waals surface area contributed by atoms with Crippen molar-refractivity contribution in [2.75, 3.05) is 19.6 Å². The van der Waals surface area contributed by atoms with Gasteiger partial charge in [-0.25, -0.2) is 0 Å². The standard InChI is InChI=1S/C15H18N6/c16-7-1-12-21(13-2-8-17)14-6-15(3-9-18,4-10-19)5-11-20/h1-6,12-14H2. The van der Waals surface area contributed by atoms with Crippen molar-refractivity contribution in [3.63, 3.8) is 0 Å². The Morgan fingerprint density at radius 3 is 1.38 bits per heavy atom. The Balaban J connectivity index is 4.77. The molecule has 0 aliphatic rings. The topological polar surface area (TPSA) is 122 Å². The quantitative estimate of drug-likeness (QED) is 0.605. The molecule has 0 aliphatic heterocycles. The average molecular weight is 282 g/mol. The van der Waals surface area contributed by atoms with Crippen LogP contribution in [0.2, 0.25) is 0 Å². The zero-order valence-electron chi connectivity index (χ0n) is 12.0. The molecule has 6 heteroatoms. The van der Waals surface area contributed by atoms with Crippen LogP contribution in [0.4, 0.5) is 0 Å². The normalized spacial score (nSPS) is 9.90. The van der Waals surface area contributed by atoms with Crippen LogP contribution in [-0.2, 0) is 0 Å². The molecule has 0 aliphatic carbocycles. The van der Waals surface area contributed by atoms with Crippen molar-refractivity contribution >= 4 is 0 Å². The van der Waals surface area contributed by atoms with Crippen LogP contribution in [0, 0.1) is 62.1 Å². The molecule has 108 valence electrons. The summed E-state index contributed by atoms with van der Waals surface area (Å²) in [6.45, 7) is 1.69. The lowest BCUT2D eigenvalue weighted by Gasteiger charge is -2.30. The smallest absolute Gasteiger partial charge is 0.0635 e. The molecule has 0 aromatic rings. The van der Waals surface area contributed by atoms with Crippen molar-refractivity contribution in [2.45, 2.75) is 38.5 Å². The lowest BCUT2D eigenvalue weighted by Crippen LogP contribution is -2.32. The van der Waals surface area contributed by atoms with Gasteiger partial charge in [-0.05, 0) is 13.0 Å². The van der Waals surface area contributed by atoms with Crippen molar-refractivity contribution in [1.82, 2.24) is 4.90 Å². The Kier molecular flexibility index (Phi) is 9.87. The van der Waals surface area contributed by atoms with Gasteiger partial charge in [0.2, 0.25) is 0 Å². The van der Waals surface area contributed by atoms with Crippen LogP contribution in [0.25, 0.3) is 0 Å². The van der Waals surface area contributed by atoms with Gasteiger partial charge in [0.25, 0.3) is 0 Å². The van der Waals surface area contributed by atoms with Gasteiger partial charge in [-0.3, -0.25) is 0 Å². The Bertz CT molecular complexity index is 446. The minimum atomic E-state index is -0.615. The van der Waals surface area contributed by atoms with E-state index in [1.54, 1.807) is 0 Å². The summed E-state index contributed by atoms with van der Waals surface area (Å²) in [4.78, 5) is 1.98. The number of rotatable bonds is 10. The zero-order valence-corrected chi connectivity index (χ0v) is 12.0. The number of hydrogen-bond acceptors (Lipinski definition) is 6. The summed E-state index contributed by atoms with van der Waals surface area (Å²) in [7, 11) is 0. The number of hydrogen-bond donors (Lipinski definition) is 0. The summed E-state index contributed by atoms with van der Waals surface area (Å²) in [5.41, 5.74) is -0.615. The van der Waals surface area contributed by atoms with Crippen LogP contribution in [0.15, 0.2) is 0 Å². The van der Waals surface area contributed by atoms with Crippen LogP contribution in [0.5, 0.6) is 0 Å². The maximum Gasteiger partial charge on any atom is 0.0635 e. The van der Waals surface area contributed by atoms with Crippen molar-refractivity contribution in [2.24, 2.45) is 5.41 Å². The second kappa shape index (κ2) is 11.3. The Labute approximate surface area is 126 Å². The highest BCUT2D eigenvalue weighted by molar-refractivity contribution is 5.00. The predicted octanol–water partition coefficient (Wildman–Crippen LogP) is 2.23. The number of nitriles is 5.